The third-order valence-electron chi connectivity index (χ3n) is 4.88. The summed E-state index contributed by atoms with van der Waals surface area (Å²) in [5.41, 5.74) is 5.90. The molecule has 2 rings (SSSR count). The largest absolute Gasteiger partial charge is 0.314 e. The van der Waals surface area contributed by atoms with Crippen LogP contribution in [-0.4, -0.2) is 12.6 Å². The van der Waals surface area contributed by atoms with Gasteiger partial charge in [0.2, 0.25) is 0 Å². The molecule has 1 heteroatoms. The molecular weight excluding hydrogens is 242 g/mol. The minimum atomic E-state index is 0.656. The number of hydrogen-bond donors (Lipinski definition) is 1. The van der Waals surface area contributed by atoms with Crippen molar-refractivity contribution in [2.45, 2.75) is 72.3 Å². The average Bonchev–Trinajstić information content (AvgIpc) is 2.86. The van der Waals surface area contributed by atoms with Crippen LogP contribution in [0.3, 0.4) is 0 Å². The molecule has 1 aliphatic carbocycles. The van der Waals surface area contributed by atoms with Gasteiger partial charge in [-0.2, -0.15) is 0 Å². The van der Waals surface area contributed by atoms with Crippen molar-refractivity contribution in [1.82, 2.24) is 5.32 Å². The van der Waals surface area contributed by atoms with E-state index in [0.29, 0.717) is 6.04 Å². The summed E-state index contributed by atoms with van der Waals surface area (Å²) in [7, 11) is 0. The zero-order chi connectivity index (χ0) is 14.5. The second-order valence-corrected chi connectivity index (χ2v) is 6.72. The highest BCUT2D eigenvalue weighted by atomic mass is 14.9. The summed E-state index contributed by atoms with van der Waals surface area (Å²) in [6.45, 7) is 10.1. The first-order chi connectivity index (χ1) is 9.60. The number of likely N-dealkylation sites (N-methyl/N-ethyl adjacent to an activating group) is 1. The van der Waals surface area contributed by atoms with E-state index in [1.54, 1.807) is 5.56 Å². The second kappa shape index (κ2) is 7.26. The highest BCUT2D eigenvalue weighted by Gasteiger charge is 2.20. The molecule has 1 aromatic carbocycles. The summed E-state index contributed by atoms with van der Waals surface area (Å²) >= 11 is 0. The standard InChI is InChI=1S/C19H31N/c1-5-20-18(12-17-8-6-7-9-17)13-19-15(3)10-14(2)11-16(19)4/h10-11,17-18,20H,5-9,12-13H2,1-4H3. The van der Waals surface area contributed by atoms with Gasteiger partial charge in [0.25, 0.3) is 0 Å². The van der Waals surface area contributed by atoms with Crippen molar-refractivity contribution in [3.8, 4) is 0 Å². The van der Waals surface area contributed by atoms with E-state index in [9.17, 15) is 0 Å². The molecule has 0 aliphatic heterocycles. The molecule has 0 bridgehead atoms. The summed E-state index contributed by atoms with van der Waals surface area (Å²) in [4.78, 5) is 0. The van der Waals surface area contributed by atoms with Crippen molar-refractivity contribution >= 4 is 0 Å². The first-order valence-corrected chi connectivity index (χ1v) is 8.40. The Bertz CT molecular complexity index is 406. The summed E-state index contributed by atoms with van der Waals surface area (Å²) in [5.74, 6) is 0.963. The Balaban J connectivity index is 2.07. The normalized spacial score (nSPS) is 17.6. The Morgan fingerprint density at radius 1 is 1.10 bits per heavy atom. The van der Waals surface area contributed by atoms with Crippen LogP contribution in [0.1, 0.15) is 61.3 Å². The van der Waals surface area contributed by atoms with Gasteiger partial charge in [-0.1, -0.05) is 50.3 Å². The molecule has 1 unspecified atom stereocenters. The van der Waals surface area contributed by atoms with Gasteiger partial charge in [0.15, 0.2) is 0 Å². The molecule has 0 amide bonds. The van der Waals surface area contributed by atoms with Gasteiger partial charge < -0.3 is 5.32 Å². The maximum atomic E-state index is 3.73. The number of nitrogens with one attached hydrogen (secondary N) is 1. The van der Waals surface area contributed by atoms with Crippen LogP contribution in [0.4, 0.5) is 0 Å². The SMILES string of the molecule is CCNC(Cc1c(C)cc(C)cc1C)CC1CCCC1. The molecule has 0 saturated heterocycles. The smallest absolute Gasteiger partial charge is 0.0110 e. The molecule has 1 nitrogen and oxygen atoms in total. The summed E-state index contributed by atoms with van der Waals surface area (Å²) in [5, 5.41) is 3.73. The van der Waals surface area contributed by atoms with Gasteiger partial charge in [-0.05, 0) is 62.8 Å². The average molecular weight is 273 g/mol. The van der Waals surface area contributed by atoms with E-state index in [0.717, 1.165) is 12.5 Å². The molecule has 1 saturated carbocycles. The van der Waals surface area contributed by atoms with E-state index in [2.05, 4.69) is 45.1 Å². The fraction of sp³-hybridized carbons (Fsp3) is 0.684. The predicted molar refractivity (Wildman–Crippen MR) is 88.4 cm³/mol. The van der Waals surface area contributed by atoms with Gasteiger partial charge in [-0.25, -0.2) is 0 Å². The Morgan fingerprint density at radius 2 is 1.70 bits per heavy atom. The first-order valence-electron chi connectivity index (χ1n) is 8.40. The van der Waals surface area contributed by atoms with Gasteiger partial charge in [0, 0.05) is 6.04 Å². The Morgan fingerprint density at radius 3 is 2.25 bits per heavy atom. The topological polar surface area (TPSA) is 12.0 Å². The van der Waals surface area contributed by atoms with E-state index in [4.69, 9.17) is 0 Å². The van der Waals surface area contributed by atoms with Crippen molar-refractivity contribution in [2.24, 2.45) is 5.92 Å². The van der Waals surface area contributed by atoms with Crippen LogP contribution in [0.5, 0.6) is 0 Å². The van der Waals surface area contributed by atoms with E-state index in [1.807, 2.05) is 0 Å². The third-order valence-corrected chi connectivity index (χ3v) is 4.88. The second-order valence-electron chi connectivity index (χ2n) is 6.72. The van der Waals surface area contributed by atoms with Crippen molar-refractivity contribution < 1.29 is 0 Å². The van der Waals surface area contributed by atoms with Crippen molar-refractivity contribution in [3.05, 3.63) is 34.4 Å². The zero-order valence-electron chi connectivity index (χ0n) is 13.8. The van der Waals surface area contributed by atoms with Gasteiger partial charge in [0.05, 0.1) is 0 Å². The fourth-order valence-electron chi connectivity index (χ4n) is 3.95. The summed E-state index contributed by atoms with van der Waals surface area (Å²) < 4.78 is 0. The number of rotatable bonds is 6. The maximum Gasteiger partial charge on any atom is 0.0110 e. The number of benzene rings is 1. The van der Waals surface area contributed by atoms with Gasteiger partial charge >= 0.3 is 0 Å². The van der Waals surface area contributed by atoms with E-state index in [-0.39, 0.29) is 0 Å². The van der Waals surface area contributed by atoms with Crippen LogP contribution in [0.15, 0.2) is 12.1 Å². The van der Waals surface area contributed by atoms with Crippen molar-refractivity contribution in [2.75, 3.05) is 6.54 Å². The van der Waals surface area contributed by atoms with E-state index < -0.39 is 0 Å². The molecule has 0 spiro atoms. The van der Waals surface area contributed by atoms with Crippen molar-refractivity contribution in [3.63, 3.8) is 0 Å². The summed E-state index contributed by atoms with van der Waals surface area (Å²) in [6.07, 6.45) is 8.36. The Labute approximate surface area is 125 Å². The monoisotopic (exact) mass is 273 g/mol. The Hall–Kier alpha value is -0.820. The molecule has 20 heavy (non-hydrogen) atoms. The Kier molecular flexibility index (Phi) is 5.65. The number of hydrogen-bond acceptors (Lipinski definition) is 1. The van der Waals surface area contributed by atoms with E-state index in [1.165, 1.54) is 55.2 Å². The lowest BCUT2D eigenvalue weighted by Gasteiger charge is -2.23. The van der Waals surface area contributed by atoms with Gasteiger partial charge in [-0.15, -0.1) is 0 Å². The predicted octanol–water partition coefficient (Wildman–Crippen LogP) is 4.71. The molecule has 1 aliphatic rings. The van der Waals surface area contributed by atoms with Crippen LogP contribution >= 0.6 is 0 Å². The molecule has 0 heterocycles. The third kappa shape index (κ3) is 4.09. The highest BCUT2D eigenvalue weighted by molar-refractivity contribution is 5.38. The molecule has 1 atom stereocenters. The van der Waals surface area contributed by atoms with Crippen LogP contribution in [0.2, 0.25) is 0 Å². The lowest BCUT2D eigenvalue weighted by atomic mass is 9.89. The maximum absolute atomic E-state index is 3.73. The first kappa shape index (κ1) is 15.6. The molecular formula is C19H31N. The molecule has 0 aromatic heterocycles. The molecule has 1 aromatic rings. The molecule has 1 fully saturated rings. The van der Waals surface area contributed by atoms with Crippen molar-refractivity contribution in [1.29, 1.82) is 0 Å². The van der Waals surface area contributed by atoms with Crippen LogP contribution in [-0.2, 0) is 6.42 Å². The minimum Gasteiger partial charge on any atom is -0.314 e. The van der Waals surface area contributed by atoms with Crippen LogP contribution < -0.4 is 5.32 Å². The van der Waals surface area contributed by atoms with Crippen LogP contribution in [0, 0.1) is 26.7 Å². The number of aryl methyl sites for hydroxylation is 3. The quantitative estimate of drug-likeness (QED) is 0.791. The molecule has 1 N–H and O–H groups in total. The van der Waals surface area contributed by atoms with Gasteiger partial charge in [-0.3, -0.25) is 0 Å². The minimum absolute atomic E-state index is 0.656. The summed E-state index contributed by atoms with van der Waals surface area (Å²) in [6, 6.07) is 5.32. The zero-order valence-corrected chi connectivity index (χ0v) is 13.8. The lowest BCUT2D eigenvalue weighted by molar-refractivity contribution is 0.389. The fourth-order valence-corrected chi connectivity index (χ4v) is 3.95. The van der Waals surface area contributed by atoms with Gasteiger partial charge in [0.1, 0.15) is 0 Å². The highest BCUT2D eigenvalue weighted by Crippen LogP contribution is 2.30. The molecule has 112 valence electrons. The van der Waals surface area contributed by atoms with E-state index >= 15 is 0 Å². The lowest BCUT2D eigenvalue weighted by Crippen LogP contribution is -2.33. The molecule has 0 radical (unpaired) electrons. The van der Waals surface area contributed by atoms with Crippen LogP contribution in [0.25, 0.3) is 0 Å².